The third-order valence-corrected chi connectivity index (χ3v) is 3.36. The maximum Gasteiger partial charge on any atom is 0.272 e. The molecule has 2 N–H and O–H groups in total. The minimum atomic E-state index is -0.707. The molecule has 130 valence electrons. The predicted molar refractivity (Wildman–Crippen MR) is 93.5 cm³/mol. The molecule has 0 radical (unpaired) electrons. The lowest BCUT2D eigenvalue weighted by Crippen LogP contribution is -2.36. The summed E-state index contributed by atoms with van der Waals surface area (Å²) in [5.41, 5.74) is 3.67. The molecule has 5 nitrogen and oxygen atoms in total. The Morgan fingerprint density at radius 2 is 1.75 bits per heavy atom. The van der Waals surface area contributed by atoms with Crippen molar-refractivity contribution in [3.05, 3.63) is 65.7 Å². The Hall–Kier alpha value is -2.08. The Bertz CT molecular complexity index is 604. The summed E-state index contributed by atoms with van der Waals surface area (Å²) in [7, 11) is 0. The highest BCUT2D eigenvalue weighted by molar-refractivity contribution is 5.85. The van der Waals surface area contributed by atoms with Crippen LogP contribution in [0.15, 0.2) is 54.6 Å². The molecule has 0 aliphatic heterocycles. The minimum absolute atomic E-state index is 0. The van der Waals surface area contributed by atoms with E-state index >= 15 is 0 Å². The number of carbonyl (C=O) groups excluding carboxylic acids is 1. The van der Waals surface area contributed by atoms with E-state index in [1.54, 1.807) is 12.4 Å². The van der Waals surface area contributed by atoms with Crippen molar-refractivity contribution in [2.45, 2.75) is 26.1 Å². The molecule has 1 amide bonds. The van der Waals surface area contributed by atoms with Crippen LogP contribution in [0.2, 0.25) is 0 Å². The van der Waals surface area contributed by atoms with E-state index in [1.807, 2.05) is 54.6 Å². The number of halogens is 1. The summed E-state index contributed by atoms with van der Waals surface area (Å²) < 4.78 is 11.0. The molecule has 0 unspecified atom stereocenters. The zero-order chi connectivity index (χ0) is 16.5. The van der Waals surface area contributed by atoms with Crippen molar-refractivity contribution in [2.24, 2.45) is 0 Å². The van der Waals surface area contributed by atoms with Crippen molar-refractivity contribution < 1.29 is 19.5 Å². The fraction of sp³-hybridized carbons (Fsp3) is 0.278. The summed E-state index contributed by atoms with van der Waals surface area (Å²) in [5.74, 6) is 0.216. The first-order valence-corrected chi connectivity index (χ1v) is 7.54. The number of hydrogen-bond donors (Lipinski definition) is 2. The molecular weight excluding hydrogens is 330 g/mol. The highest BCUT2D eigenvalue weighted by atomic mass is 35.5. The van der Waals surface area contributed by atoms with Gasteiger partial charge in [0.1, 0.15) is 18.5 Å². The van der Waals surface area contributed by atoms with E-state index in [0.717, 1.165) is 16.9 Å². The van der Waals surface area contributed by atoms with Gasteiger partial charge in [0.2, 0.25) is 0 Å². The SMILES string of the molecule is CCO[C@@H](Cc1ccc(OCc2ccccc2)cc1)C(=O)NO.Cl. The Morgan fingerprint density at radius 1 is 1.08 bits per heavy atom. The highest BCUT2D eigenvalue weighted by Crippen LogP contribution is 2.16. The molecule has 0 aliphatic rings. The molecule has 24 heavy (non-hydrogen) atoms. The lowest BCUT2D eigenvalue weighted by Gasteiger charge is -2.15. The first kappa shape index (κ1) is 20.0. The highest BCUT2D eigenvalue weighted by Gasteiger charge is 2.18. The average molecular weight is 352 g/mol. The number of benzene rings is 2. The van der Waals surface area contributed by atoms with Gasteiger partial charge in [-0.1, -0.05) is 42.5 Å². The van der Waals surface area contributed by atoms with Gasteiger partial charge in [0.15, 0.2) is 0 Å². The quantitative estimate of drug-likeness (QED) is 0.566. The summed E-state index contributed by atoms with van der Waals surface area (Å²) in [6, 6.07) is 17.4. The van der Waals surface area contributed by atoms with Crippen molar-refractivity contribution in [3.63, 3.8) is 0 Å². The van der Waals surface area contributed by atoms with Crippen molar-refractivity contribution in [1.29, 1.82) is 0 Å². The van der Waals surface area contributed by atoms with E-state index in [9.17, 15) is 4.79 Å². The smallest absolute Gasteiger partial charge is 0.272 e. The molecule has 2 rings (SSSR count). The molecule has 1 atom stereocenters. The van der Waals surface area contributed by atoms with Crippen LogP contribution in [-0.2, 0) is 22.6 Å². The summed E-state index contributed by atoms with van der Waals surface area (Å²) in [4.78, 5) is 11.5. The fourth-order valence-electron chi connectivity index (χ4n) is 2.18. The van der Waals surface area contributed by atoms with Crippen LogP contribution in [0.4, 0.5) is 0 Å². The van der Waals surface area contributed by atoms with Gasteiger partial charge < -0.3 is 9.47 Å². The normalized spacial score (nSPS) is 11.2. The molecule has 0 saturated heterocycles. The van der Waals surface area contributed by atoms with Crippen molar-refractivity contribution in [3.8, 4) is 5.75 Å². The molecule has 2 aromatic rings. The van der Waals surface area contributed by atoms with Gasteiger partial charge in [-0.05, 0) is 30.2 Å². The standard InChI is InChI=1S/C18H21NO4.ClH/c1-2-22-17(18(20)19-21)12-14-8-10-16(11-9-14)23-13-15-6-4-3-5-7-15;/h3-11,17,21H,2,12-13H2,1H3,(H,19,20);1H/t17-;/m0./s1. The lowest BCUT2D eigenvalue weighted by atomic mass is 10.1. The molecule has 0 bridgehead atoms. The number of nitrogens with one attached hydrogen (secondary N) is 1. The van der Waals surface area contributed by atoms with E-state index in [0.29, 0.717) is 19.6 Å². The monoisotopic (exact) mass is 351 g/mol. The molecule has 0 spiro atoms. The first-order valence-electron chi connectivity index (χ1n) is 7.54. The molecule has 0 aliphatic carbocycles. The molecule has 2 aromatic carbocycles. The van der Waals surface area contributed by atoms with Gasteiger partial charge in [-0.15, -0.1) is 12.4 Å². The number of hydroxylamine groups is 1. The molecular formula is C18H22ClNO4. The Labute approximate surface area is 148 Å². The van der Waals surface area contributed by atoms with Crippen LogP contribution in [0.1, 0.15) is 18.1 Å². The molecule has 0 heterocycles. The number of carbonyl (C=O) groups is 1. The molecule has 0 aromatic heterocycles. The van der Waals surface area contributed by atoms with Gasteiger partial charge in [-0.25, -0.2) is 5.48 Å². The zero-order valence-electron chi connectivity index (χ0n) is 13.5. The summed E-state index contributed by atoms with van der Waals surface area (Å²) in [6.45, 7) is 2.71. The second-order valence-corrected chi connectivity index (χ2v) is 5.04. The van der Waals surface area contributed by atoms with E-state index < -0.39 is 12.0 Å². The predicted octanol–water partition coefficient (Wildman–Crippen LogP) is 3.14. The van der Waals surface area contributed by atoms with E-state index in [2.05, 4.69) is 0 Å². The van der Waals surface area contributed by atoms with Gasteiger partial charge in [-0.3, -0.25) is 10.0 Å². The first-order chi connectivity index (χ1) is 11.2. The minimum Gasteiger partial charge on any atom is -0.489 e. The largest absolute Gasteiger partial charge is 0.489 e. The van der Waals surface area contributed by atoms with Gasteiger partial charge >= 0.3 is 0 Å². The average Bonchev–Trinajstić information content (AvgIpc) is 2.61. The zero-order valence-corrected chi connectivity index (χ0v) is 14.3. The van der Waals surface area contributed by atoms with Crippen LogP contribution in [0, 0.1) is 0 Å². The van der Waals surface area contributed by atoms with Crippen LogP contribution in [0.25, 0.3) is 0 Å². The van der Waals surface area contributed by atoms with Gasteiger partial charge in [0.25, 0.3) is 5.91 Å². The third kappa shape index (κ3) is 6.20. The van der Waals surface area contributed by atoms with E-state index in [1.165, 1.54) is 0 Å². The van der Waals surface area contributed by atoms with Crippen LogP contribution >= 0.6 is 12.4 Å². The molecule has 0 saturated carbocycles. The van der Waals surface area contributed by atoms with Crippen molar-refractivity contribution in [2.75, 3.05) is 6.61 Å². The van der Waals surface area contributed by atoms with Crippen molar-refractivity contribution in [1.82, 2.24) is 5.48 Å². The van der Waals surface area contributed by atoms with Gasteiger partial charge in [0, 0.05) is 13.0 Å². The summed E-state index contributed by atoms with van der Waals surface area (Å²) in [6.07, 6.45) is -0.319. The van der Waals surface area contributed by atoms with Crippen LogP contribution in [0.3, 0.4) is 0 Å². The summed E-state index contributed by atoms with van der Waals surface area (Å²) >= 11 is 0. The number of ether oxygens (including phenoxy) is 2. The summed E-state index contributed by atoms with van der Waals surface area (Å²) in [5, 5.41) is 8.73. The van der Waals surface area contributed by atoms with Crippen LogP contribution < -0.4 is 10.2 Å². The second kappa shape index (κ2) is 10.6. The fourth-order valence-corrected chi connectivity index (χ4v) is 2.18. The second-order valence-electron chi connectivity index (χ2n) is 5.04. The van der Waals surface area contributed by atoms with Crippen LogP contribution in [-0.4, -0.2) is 23.8 Å². The lowest BCUT2D eigenvalue weighted by molar-refractivity contribution is -0.141. The van der Waals surface area contributed by atoms with Gasteiger partial charge in [-0.2, -0.15) is 0 Å². The Morgan fingerprint density at radius 3 is 2.33 bits per heavy atom. The van der Waals surface area contributed by atoms with E-state index in [4.69, 9.17) is 14.7 Å². The van der Waals surface area contributed by atoms with Crippen molar-refractivity contribution >= 4 is 18.3 Å². The van der Waals surface area contributed by atoms with E-state index in [-0.39, 0.29) is 12.4 Å². The Kier molecular flexibility index (Phi) is 8.86. The topological polar surface area (TPSA) is 67.8 Å². The number of hydrogen-bond acceptors (Lipinski definition) is 4. The molecule has 0 fully saturated rings. The number of amides is 1. The molecule has 6 heteroatoms. The maximum absolute atomic E-state index is 11.5. The number of rotatable bonds is 8. The third-order valence-electron chi connectivity index (χ3n) is 3.36. The van der Waals surface area contributed by atoms with Crippen LogP contribution in [0.5, 0.6) is 5.75 Å². The maximum atomic E-state index is 11.5. The Balaban J connectivity index is 0.00000288. The van der Waals surface area contributed by atoms with Gasteiger partial charge in [0.05, 0.1) is 0 Å².